The SMILES string of the molecule is CC(N)C1Cc2cc(C(F)(F)F)ccc2S1. The molecular weight excluding hydrogens is 235 g/mol. The van der Waals surface area contributed by atoms with E-state index < -0.39 is 11.7 Å². The molecule has 2 atom stereocenters. The molecule has 2 rings (SSSR count). The molecule has 1 aromatic carbocycles. The van der Waals surface area contributed by atoms with Crippen LogP contribution in [0.25, 0.3) is 0 Å². The van der Waals surface area contributed by atoms with Crippen LogP contribution in [0.4, 0.5) is 13.2 Å². The van der Waals surface area contributed by atoms with Crippen molar-refractivity contribution in [3.63, 3.8) is 0 Å². The van der Waals surface area contributed by atoms with Crippen LogP contribution in [0.1, 0.15) is 18.1 Å². The van der Waals surface area contributed by atoms with Crippen LogP contribution in [0.3, 0.4) is 0 Å². The van der Waals surface area contributed by atoms with Crippen molar-refractivity contribution in [3.8, 4) is 0 Å². The minimum Gasteiger partial charge on any atom is -0.327 e. The Bertz CT molecular complexity index is 401. The van der Waals surface area contributed by atoms with E-state index in [9.17, 15) is 13.2 Å². The molecule has 0 fully saturated rings. The molecule has 1 heterocycles. The normalized spacial score (nSPS) is 21.9. The third-order valence-electron chi connectivity index (χ3n) is 2.67. The summed E-state index contributed by atoms with van der Waals surface area (Å²) in [6.07, 6.45) is -3.63. The third-order valence-corrected chi connectivity index (χ3v) is 4.22. The minimum absolute atomic E-state index is 0.00765. The lowest BCUT2D eigenvalue weighted by Gasteiger charge is -2.11. The predicted octanol–water partition coefficient (Wildman–Crippen LogP) is 3.07. The zero-order chi connectivity index (χ0) is 11.9. The molecular formula is C11H12F3NS. The van der Waals surface area contributed by atoms with E-state index in [4.69, 9.17) is 5.73 Å². The van der Waals surface area contributed by atoms with E-state index in [2.05, 4.69) is 0 Å². The molecule has 1 aromatic rings. The average Bonchev–Trinajstić information content (AvgIpc) is 2.58. The lowest BCUT2D eigenvalue weighted by molar-refractivity contribution is -0.137. The monoisotopic (exact) mass is 247 g/mol. The number of hydrogen-bond acceptors (Lipinski definition) is 2. The second-order valence-electron chi connectivity index (χ2n) is 4.04. The van der Waals surface area contributed by atoms with Gasteiger partial charge in [0, 0.05) is 16.2 Å². The van der Waals surface area contributed by atoms with Crippen molar-refractivity contribution in [2.24, 2.45) is 5.73 Å². The van der Waals surface area contributed by atoms with Gasteiger partial charge in [0.15, 0.2) is 0 Å². The highest BCUT2D eigenvalue weighted by Gasteiger charge is 2.33. The summed E-state index contributed by atoms with van der Waals surface area (Å²) in [5.74, 6) is 0. The van der Waals surface area contributed by atoms with Crippen LogP contribution in [-0.4, -0.2) is 11.3 Å². The Labute approximate surface area is 96.2 Å². The van der Waals surface area contributed by atoms with Crippen LogP contribution >= 0.6 is 11.8 Å². The van der Waals surface area contributed by atoms with E-state index in [1.807, 2.05) is 6.92 Å². The van der Waals surface area contributed by atoms with E-state index in [1.165, 1.54) is 6.07 Å². The van der Waals surface area contributed by atoms with Gasteiger partial charge in [0.05, 0.1) is 5.56 Å². The maximum absolute atomic E-state index is 12.5. The Morgan fingerprint density at radius 3 is 2.69 bits per heavy atom. The highest BCUT2D eigenvalue weighted by atomic mass is 32.2. The van der Waals surface area contributed by atoms with E-state index in [0.717, 1.165) is 16.5 Å². The average molecular weight is 247 g/mol. The van der Waals surface area contributed by atoms with Gasteiger partial charge in [0.1, 0.15) is 0 Å². The molecule has 2 N–H and O–H groups in total. The molecule has 0 amide bonds. The van der Waals surface area contributed by atoms with E-state index >= 15 is 0 Å². The summed E-state index contributed by atoms with van der Waals surface area (Å²) in [5, 5.41) is 0.193. The van der Waals surface area contributed by atoms with Crippen molar-refractivity contribution in [2.45, 2.75) is 35.7 Å². The Morgan fingerprint density at radius 1 is 1.44 bits per heavy atom. The van der Waals surface area contributed by atoms with E-state index in [0.29, 0.717) is 6.42 Å². The van der Waals surface area contributed by atoms with Gasteiger partial charge in [-0.25, -0.2) is 0 Å². The number of thioether (sulfide) groups is 1. The van der Waals surface area contributed by atoms with Gasteiger partial charge in [0.25, 0.3) is 0 Å². The van der Waals surface area contributed by atoms with Crippen LogP contribution in [0.2, 0.25) is 0 Å². The maximum Gasteiger partial charge on any atom is 0.416 e. The van der Waals surface area contributed by atoms with Crippen LogP contribution in [0.15, 0.2) is 23.1 Å². The Kier molecular flexibility index (Phi) is 2.92. The van der Waals surface area contributed by atoms with Crippen molar-refractivity contribution in [1.82, 2.24) is 0 Å². The van der Waals surface area contributed by atoms with Gasteiger partial charge in [-0.2, -0.15) is 13.2 Å². The summed E-state index contributed by atoms with van der Waals surface area (Å²) in [6, 6.07) is 3.91. The number of halogens is 3. The minimum atomic E-state index is -4.26. The van der Waals surface area contributed by atoms with Crippen LogP contribution < -0.4 is 5.73 Å². The maximum atomic E-state index is 12.5. The van der Waals surface area contributed by atoms with Crippen LogP contribution in [0, 0.1) is 0 Å². The van der Waals surface area contributed by atoms with Gasteiger partial charge in [0.2, 0.25) is 0 Å². The summed E-state index contributed by atoms with van der Waals surface area (Å²) in [4.78, 5) is 0.926. The standard InChI is InChI=1S/C11H12F3NS/c1-6(15)10-5-7-4-8(11(12,13)14)2-3-9(7)16-10/h2-4,6,10H,5,15H2,1H3. The molecule has 88 valence electrons. The van der Waals surface area contributed by atoms with Crippen molar-refractivity contribution in [3.05, 3.63) is 29.3 Å². The molecule has 1 aliphatic rings. The lowest BCUT2D eigenvalue weighted by Crippen LogP contribution is -2.28. The summed E-state index contributed by atoms with van der Waals surface area (Å²) < 4.78 is 37.4. The Balaban J connectivity index is 2.28. The zero-order valence-electron chi connectivity index (χ0n) is 8.71. The van der Waals surface area contributed by atoms with Crippen LogP contribution in [0.5, 0.6) is 0 Å². The van der Waals surface area contributed by atoms with Gasteiger partial charge in [-0.1, -0.05) is 0 Å². The first-order valence-electron chi connectivity index (χ1n) is 5.00. The molecule has 0 bridgehead atoms. The highest BCUT2D eigenvalue weighted by Crippen LogP contribution is 2.41. The van der Waals surface area contributed by atoms with Crippen LogP contribution in [-0.2, 0) is 12.6 Å². The van der Waals surface area contributed by atoms with Crippen molar-refractivity contribution < 1.29 is 13.2 Å². The summed E-state index contributed by atoms with van der Waals surface area (Å²) in [7, 11) is 0. The predicted molar refractivity (Wildman–Crippen MR) is 58.4 cm³/mol. The quantitative estimate of drug-likeness (QED) is 0.825. The zero-order valence-corrected chi connectivity index (χ0v) is 9.53. The molecule has 2 unspecified atom stereocenters. The van der Waals surface area contributed by atoms with Gasteiger partial charge >= 0.3 is 6.18 Å². The fourth-order valence-electron chi connectivity index (χ4n) is 1.74. The topological polar surface area (TPSA) is 26.0 Å². The molecule has 16 heavy (non-hydrogen) atoms. The summed E-state index contributed by atoms with van der Waals surface area (Å²) in [6.45, 7) is 1.88. The second kappa shape index (κ2) is 3.96. The number of hydrogen-bond donors (Lipinski definition) is 1. The molecule has 0 aliphatic carbocycles. The third kappa shape index (κ3) is 2.20. The first kappa shape index (κ1) is 11.8. The molecule has 5 heteroatoms. The number of fused-ring (bicyclic) bond motifs is 1. The Hall–Kier alpha value is -0.680. The van der Waals surface area contributed by atoms with Crippen molar-refractivity contribution in [1.29, 1.82) is 0 Å². The summed E-state index contributed by atoms with van der Waals surface area (Å²) in [5.41, 5.74) is 5.95. The first-order valence-corrected chi connectivity index (χ1v) is 5.88. The largest absolute Gasteiger partial charge is 0.416 e. The summed E-state index contributed by atoms with van der Waals surface area (Å²) >= 11 is 1.57. The van der Waals surface area contributed by atoms with Crippen molar-refractivity contribution in [2.75, 3.05) is 0 Å². The lowest BCUT2D eigenvalue weighted by atomic mass is 10.0. The molecule has 0 saturated heterocycles. The van der Waals surface area contributed by atoms with E-state index in [-0.39, 0.29) is 11.3 Å². The molecule has 0 spiro atoms. The second-order valence-corrected chi connectivity index (χ2v) is 5.32. The molecule has 0 aromatic heterocycles. The number of benzene rings is 1. The van der Waals surface area contributed by atoms with E-state index in [1.54, 1.807) is 17.8 Å². The fraction of sp³-hybridized carbons (Fsp3) is 0.455. The highest BCUT2D eigenvalue weighted by molar-refractivity contribution is 8.00. The van der Waals surface area contributed by atoms with Gasteiger partial charge in [-0.3, -0.25) is 0 Å². The van der Waals surface area contributed by atoms with Gasteiger partial charge in [-0.15, -0.1) is 11.8 Å². The Morgan fingerprint density at radius 2 is 2.12 bits per heavy atom. The van der Waals surface area contributed by atoms with Gasteiger partial charge < -0.3 is 5.73 Å². The van der Waals surface area contributed by atoms with Crippen molar-refractivity contribution >= 4 is 11.8 Å². The fourth-order valence-corrected chi connectivity index (χ4v) is 2.99. The molecule has 1 nitrogen and oxygen atoms in total. The smallest absolute Gasteiger partial charge is 0.327 e. The molecule has 0 radical (unpaired) electrons. The number of alkyl halides is 3. The van der Waals surface area contributed by atoms with Gasteiger partial charge in [-0.05, 0) is 37.1 Å². The number of rotatable bonds is 1. The molecule has 0 saturated carbocycles. The number of nitrogens with two attached hydrogens (primary N) is 1. The first-order chi connectivity index (χ1) is 7.38. The molecule has 1 aliphatic heterocycles.